The van der Waals surface area contributed by atoms with E-state index in [2.05, 4.69) is 4.98 Å². The molecule has 30 heavy (non-hydrogen) atoms. The first-order valence-corrected chi connectivity index (χ1v) is 9.38. The minimum absolute atomic E-state index is 0.102. The average Bonchev–Trinajstić information content (AvgIpc) is 2.80. The van der Waals surface area contributed by atoms with Crippen molar-refractivity contribution in [3.63, 3.8) is 0 Å². The molecule has 0 bridgehead atoms. The van der Waals surface area contributed by atoms with E-state index in [-0.39, 0.29) is 24.1 Å². The Labute approximate surface area is 171 Å². The topological polar surface area (TPSA) is 83.2 Å². The van der Waals surface area contributed by atoms with Crippen LogP contribution < -0.4 is 11.2 Å². The third kappa shape index (κ3) is 3.77. The van der Waals surface area contributed by atoms with Gasteiger partial charge in [0.05, 0.1) is 23.0 Å². The SMILES string of the molecule is Cn1c(=O)n(Cc2ccccc2)c(=O)c2cc(C(=O)OCc3ccncc3)ccc21. The van der Waals surface area contributed by atoms with E-state index in [0.717, 1.165) is 11.1 Å². The molecule has 0 aliphatic rings. The van der Waals surface area contributed by atoms with Crippen LogP contribution in [0.2, 0.25) is 0 Å². The molecule has 0 unspecified atom stereocenters. The summed E-state index contributed by atoms with van der Waals surface area (Å²) in [7, 11) is 1.60. The molecule has 4 aromatic rings. The lowest BCUT2D eigenvalue weighted by Gasteiger charge is -2.12. The summed E-state index contributed by atoms with van der Waals surface area (Å²) in [5.74, 6) is -0.545. The van der Waals surface area contributed by atoms with Gasteiger partial charge in [-0.3, -0.25) is 18.9 Å². The number of aryl methyl sites for hydroxylation is 1. The van der Waals surface area contributed by atoms with Gasteiger partial charge < -0.3 is 4.74 Å². The number of fused-ring (bicyclic) bond motifs is 1. The second kappa shape index (κ2) is 8.16. The molecule has 0 saturated heterocycles. The zero-order valence-corrected chi connectivity index (χ0v) is 16.3. The zero-order valence-electron chi connectivity index (χ0n) is 16.3. The molecule has 0 fully saturated rings. The third-order valence-corrected chi connectivity index (χ3v) is 4.89. The second-order valence-electron chi connectivity index (χ2n) is 6.88. The molecule has 0 N–H and O–H groups in total. The molecule has 2 aromatic carbocycles. The van der Waals surface area contributed by atoms with Gasteiger partial charge in [0.1, 0.15) is 6.61 Å². The summed E-state index contributed by atoms with van der Waals surface area (Å²) < 4.78 is 7.92. The Balaban J connectivity index is 1.70. The van der Waals surface area contributed by atoms with Gasteiger partial charge in [-0.25, -0.2) is 9.59 Å². The van der Waals surface area contributed by atoms with Crippen molar-refractivity contribution in [2.45, 2.75) is 13.2 Å². The smallest absolute Gasteiger partial charge is 0.338 e. The lowest BCUT2D eigenvalue weighted by atomic mass is 10.1. The zero-order chi connectivity index (χ0) is 21.1. The van der Waals surface area contributed by atoms with Crippen LogP contribution in [0.5, 0.6) is 0 Å². The van der Waals surface area contributed by atoms with E-state index in [1.54, 1.807) is 43.7 Å². The number of nitrogens with zero attached hydrogens (tertiary/aromatic N) is 3. The Morgan fingerprint density at radius 3 is 2.43 bits per heavy atom. The van der Waals surface area contributed by atoms with E-state index in [1.807, 2.05) is 30.3 Å². The van der Waals surface area contributed by atoms with Gasteiger partial charge >= 0.3 is 11.7 Å². The molecule has 0 aliphatic heterocycles. The number of esters is 1. The fraction of sp³-hybridized carbons (Fsp3) is 0.130. The Bertz CT molecular complexity index is 1330. The molecule has 4 rings (SSSR count). The normalized spacial score (nSPS) is 10.8. The molecule has 0 aliphatic carbocycles. The Hall–Kier alpha value is -4.00. The van der Waals surface area contributed by atoms with Crippen molar-refractivity contribution >= 4 is 16.9 Å². The van der Waals surface area contributed by atoms with Gasteiger partial charge in [0.2, 0.25) is 0 Å². The molecule has 2 aromatic heterocycles. The molecule has 2 heterocycles. The minimum atomic E-state index is -0.545. The Kier molecular flexibility index (Phi) is 5.26. The van der Waals surface area contributed by atoms with Crippen molar-refractivity contribution in [1.82, 2.24) is 14.1 Å². The molecule has 7 heteroatoms. The lowest BCUT2D eigenvalue weighted by molar-refractivity contribution is 0.0473. The number of aromatic nitrogens is 3. The van der Waals surface area contributed by atoms with E-state index in [0.29, 0.717) is 5.52 Å². The monoisotopic (exact) mass is 401 g/mol. The summed E-state index contributed by atoms with van der Waals surface area (Å²) in [6, 6.07) is 17.4. The maximum atomic E-state index is 13.1. The maximum absolute atomic E-state index is 13.1. The van der Waals surface area contributed by atoms with Crippen LogP contribution in [0, 0.1) is 0 Å². The molecule has 0 amide bonds. The van der Waals surface area contributed by atoms with Crippen molar-refractivity contribution < 1.29 is 9.53 Å². The summed E-state index contributed by atoms with van der Waals surface area (Å²) in [5.41, 5.74) is 1.50. The number of carbonyl (C=O) groups excluding carboxylic acids is 1. The standard InChI is InChI=1S/C23H19N3O4/c1-25-20-8-7-18(22(28)30-15-17-9-11-24-12-10-17)13-19(20)21(27)26(23(25)29)14-16-5-3-2-4-6-16/h2-13H,14-15H2,1H3. The third-order valence-electron chi connectivity index (χ3n) is 4.89. The van der Waals surface area contributed by atoms with Crippen molar-refractivity contribution in [2.24, 2.45) is 7.05 Å². The number of ether oxygens (including phenoxy) is 1. The van der Waals surface area contributed by atoms with Gasteiger partial charge in [-0.1, -0.05) is 30.3 Å². The summed E-state index contributed by atoms with van der Waals surface area (Å²) in [4.78, 5) is 42.2. The van der Waals surface area contributed by atoms with Crippen molar-refractivity contribution in [2.75, 3.05) is 0 Å². The molecule has 0 radical (unpaired) electrons. The fourth-order valence-electron chi connectivity index (χ4n) is 3.26. The number of benzene rings is 2. The highest BCUT2D eigenvalue weighted by Gasteiger charge is 2.15. The van der Waals surface area contributed by atoms with Crippen LogP contribution in [0.25, 0.3) is 10.9 Å². The Morgan fingerprint density at radius 1 is 0.967 bits per heavy atom. The first-order chi connectivity index (χ1) is 14.5. The molecule has 0 spiro atoms. The first kappa shape index (κ1) is 19.3. The van der Waals surface area contributed by atoms with E-state index in [9.17, 15) is 14.4 Å². The van der Waals surface area contributed by atoms with E-state index in [1.165, 1.54) is 15.2 Å². The van der Waals surface area contributed by atoms with E-state index >= 15 is 0 Å². The van der Waals surface area contributed by atoms with Crippen molar-refractivity contribution in [3.05, 3.63) is 111 Å². The second-order valence-corrected chi connectivity index (χ2v) is 6.88. The summed E-state index contributed by atoms with van der Waals surface area (Å²) in [6.45, 7) is 0.254. The van der Waals surface area contributed by atoms with Crippen LogP contribution in [0.1, 0.15) is 21.5 Å². The average molecular weight is 401 g/mol. The maximum Gasteiger partial charge on any atom is 0.338 e. The van der Waals surface area contributed by atoms with Gasteiger partial charge in [-0.15, -0.1) is 0 Å². The predicted octanol–water partition coefficient (Wildman–Crippen LogP) is 2.50. The Morgan fingerprint density at radius 2 is 1.70 bits per heavy atom. The quantitative estimate of drug-likeness (QED) is 0.480. The summed E-state index contributed by atoms with van der Waals surface area (Å²) in [6.07, 6.45) is 3.24. The van der Waals surface area contributed by atoms with Gasteiger partial charge in [0, 0.05) is 19.4 Å². The number of hydrogen-bond acceptors (Lipinski definition) is 5. The van der Waals surface area contributed by atoms with E-state index < -0.39 is 17.2 Å². The number of rotatable bonds is 5. The van der Waals surface area contributed by atoms with Crippen LogP contribution in [-0.2, 0) is 24.9 Å². The number of carbonyl (C=O) groups is 1. The van der Waals surface area contributed by atoms with Crippen LogP contribution >= 0.6 is 0 Å². The van der Waals surface area contributed by atoms with Gasteiger partial charge in [-0.2, -0.15) is 0 Å². The highest BCUT2D eigenvalue weighted by atomic mass is 16.5. The first-order valence-electron chi connectivity index (χ1n) is 9.38. The molecule has 0 atom stereocenters. The van der Waals surface area contributed by atoms with Gasteiger partial charge in [0.15, 0.2) is 0 Å². The van der Waals surface area contributed by atoms with Gasteiger partial charge in [0.25, 0.3) is 5.56 Å². The summed E-state index contributed by atoms with van der Waals surface area (Å²) >= 11 is 0. The molecule has 7 nitrogen and oxygen atoms in total. The van der Waals surface area contributed by atoms with Crippen LogP contribution in [0.4, 0.5) is 0 Å². The van der Waals surface area contributed by atoms with E-state index in [4.69, 9.17) is 4.74 Å². The lowest BCUT2D eigenvalue weighted by Crippen LogP contribution is -2.39. The van der Waals surface area contributed by atoms with Crippen LogP contribution in [-0.4, -0.2) is 20.1 Å². The molecular formula is C23H19N3O4. The van der Waals surface area contributed by atoms with Crippen molar-refractivity contribution in [3.8, 4) is 0 Å². The van der Waals surface area contributed by atoms with Crippen molar-refractivity contribution in [1.29, 1.82) is 0 Å². The number of pyridine rings is 1. The largest absolute Gasteiger partial charge is 0.457 e. The predicted molar refractivity (Wildman–Crippen MR) is 112 cm³/mol. The molecule has 0 saturated carbocycles. The van der Waals surface area contributed by atoms with Crippen LogP contribution in [0.3, 0.4) is 0 Å². The highest BCUT2D eigenvalue weighted by Crippen LogP contribution is 2.13. The molecular weight excluding hydrogens is 382 g/mol. The highest BCUT2D eigenvalue weighted by molar-refractivity contribution is 5.94. The summed E-state index contributed by atoms with van der Waals surface area (Å²) in [5, 5.41) is 0.284. The van der Waals surface area contributed by atoms with Crippen LogP contribution in [0.15, 0.2) is 82.6 Å². The molecule has 150 valence electrons. The van der Waals surface area contributed by atoms with Gasteiger partial charge in [-0.05, 0) is 41.5 Å². The fourth-order valence-corrected chi connectivity index (χ4v) is 3.26. The minimum Gasteiger partial charge on any atom is -0.457 e. The number of hydrogen-bond donors (Lipinski definition) is 0.